The average Bonchev–Trinajstić information content (AvgIpc) is 3.09. The van der Waals surface area contributed by atoms with Crippen molar-refractivity contribution in [3.63, 3.8) is 0 Å². The van der Waals surface area contributed by atoms with Crippen LogP contribution in [0.3, 0.4) is 0 Å². The van der Waals surface area contributed by atoms with E-state index in [0.717, 1.165) is 25.7 Å². The highest BCUT2D eigenvalue weighted by atomic mass is 32.1. The molecular formula is C24H34O2S. The average molecular weight is 387 g/mol. The number of carbonyl (C=O) groups is 1. The van der Waals surface area contributed by atoms with Crippen molar-refractivity contribution < 1.29 is 9.90 Å². The minimum atomic E-state index is -0.691. The Balaban J connectivity index is 1.68. The topological polar surface area (TPSA) is 37.3 Å². The van der Waals surface area contributed by atoms with Gasteiger partial charge in [-0.15, -0.1) is 11.3 Å². The van der Waals surface area contributed by atoms with Crippen LogP contribution in [0.5, 0.6) is 0 Å². The zero-order valence-corrected chi connectivity index (χ0v) is 17.7. The van der Waals surface area contributed by atoms with Crippen LogP contribution in [0.15, 0.2) is 36.4 Å². The first-order valence-corrected chi connectivity index (χ1v) is 11.3. The molecule has 1 aromatic heterocycles. The summed E-state index contributed by atoms with van der Waals surface area (Å²) in [5.41, 5.74) is 2.90. The van der Waals surface area contributed by atoms with Crippen molar-refractivity contribution in [3.05, 3.63) is 57.3 Å². The summed E-state index contributed by atoms with van der Waals surface area (Å²) in [7, 11) is 0. The molecule has 0 radical (unpaired) electrons. The van der Waals surface area contributed by atoms with Gasteiger partial charge in [0.2, 0.25) is 0 Å². The summed E-state index contributed by atoms with van der Waals surface area (Å²) in [5, 5.41) is 8.84. The zero-order chi connectivity index (χ0) is 19.5. The van der Waals surface area contributed by atoms with Crippen LogP contribution >= 0.6 is 11.3 Å². The first-order chi connectivity index (χ1) is 13.1. The molecule has 0 saturated heterocycles. The van der Waals surface area contributed by atoms with Crippen molar-refractivity contribution in [3.8, 4) is 0 Å². The molecule has 27 heavy (non-hydrogen) atoms. The van der Waals surface area contributed by atoms with Crippen molar-refractivity contribution >= 4 is 17.3 Å². The Kier molecular flexibility index (Phi) is 9.61. The van der Waals surface area contributed by atoms with Gasteiger partial charge in [-0.25, -0.2) is 0 Å². The van der Waals surface area contributed by atoms with E-state index in [9.17, 15) is 4.79 Å². The predicted octanol–water partition coefficient (Wildman–Crippen LogP) is 6.70. The molecule has 1 unspecified atom stereocenters. The Labute approximate surface area is 168 Å². The van der Waals surface area contributed by atoms with E-state index in [1.54, 1.807) is 0 Å². The van der Waals surface area contributed by atoms with Crippen LogP contribution in [0.25, 0.3) is 0 Å². The molecule has 1 N–H and O–H groups in total. The third-order valence-electron chi connectivity index (χ3n) is 5.10. The molecule has 2 rings (SSSR count). The lowest BCUT2D eigenvalue weighted by Gasteiger charge is -2.06. The van der Waals surface area contributed by atoms with E-state index in [-0.39, 0.29) is 12.3 Å². The molecule has 2 aromatic rings. The summed E-state index contributed by atoms with van der Waals surface area (Å²) in [6.45, 7) is 4.28. The van der Waals surface area contributed by atoms with Gasteiger partial charge < -0.3 is 5.11 Å². The number of carboxylic acids is 1. The van der Waals surface area contributed by atoms with Crippen LogP contribution in [0.4, 0.5) is 0 Å². The van der Waals surface area contributed by atoms with Gasteiger partial charge in [-0.3, -0.25) is 4.79 Å². The summed E-state index contributed by atoms with van der Waals surface area (Å²) in [5.74, 6) is -0.443. The molecule has 1 atom stereocenters. The largest absolute Gasteiger partial charge is 0.481 e. The molecule has 1 heterocycles. The fourth-order valence-electron chi connectivity index (χ4n) is 3.40. The van der Waals surface area contributed by atoms with E-state index in [2.05, 4.69) is 43.3 Å². The lowest BCUT2D eigenvalue weighted by molar-refractivity contribution is -0.138. The fourth-order valence-corrected chi connectivity index (χ4v) is 4.47. The molecule has 148 valence electrons. The van der Waals surface area contributed by atoms with E-state index in [1.165, 1.54) is 53.0 Å². The molecule has 0 aliphatic heterocycles. The van der Waals surface area contributed by atoms with Gasteiger partial charge in [-0.1, -0.05) is 51.0 Å². The van der Waals surface area contributed by atoms with Crippen LogP contribution in [0, 0.1) is 5.92 Å². The molecule has 0 saturated carbocycles. The Bertz CT molecular complexity index is 672. The van der Waals surface area contributed by atoms with Crippen LogP contribution < -0.4 is 0 Å². The van der Waals surface area contributed by atoms with Gasteiger partial charge in [0.1, 0.15) is 0 Å². The predicted molar refractivity (Wildman–Crippen MR) is 116 cm³/mol. The van der Waals surface area contributed by atoms with Gasteiger partial charge in [0, 0.05) is 16.2 Å². The van der Waals surface area contributed by atoms with Gasteiger partial charge in [0.05, 0.1) is 0 Å². The SMILES string of the molecule is CCCCCc1ccc(CCCc2ccc(CCC(C)CC(=O)O)s2)cc1. The van der Waals surface area contributed by atoms with E-state index in [4.69, 9.17) is 5.11 Å². The molecule has 0 amide bonds. The number of hydrogen-bond acceptors (Lipinski definition) is 2. The summed E-state index contributed by atoms with van der Waals surface area (Å²) < 4.78 is 0. The summed E-state index contributed by atoms with van der Waals surface area (Å²) in [6.07, 6.45) is 10.8. The number of hydrogen-bond donors (Lipinski definition) is 1. The van der Waals surface area contributed by atoms with Crippen molar-refractivity contribution in [1.82, 2.24) is 0 Å². The minimum absolute atomic E-state index is 0.248. The minimum Gasteiger partial charge on any atom is -0.481 e. The highest BCUT2D eigenvalue weighted by molar-refractivity contribution is 7.11. The van der Waals surface area contributed by atoms with E-state index < -0.39 is 5.97 Å². The maximum Gasteiger partial charge on any atom is 0.303 e. The molecular weight excluding hydrogens is 352 g/mol. The second kappa shape index (κ2) is 12.0. The second-order valence-electron chi connectivity index (χ2n) is 7.74. The first kappa shape index (κ1) is 21.7. The first-order valence-electron chi connectivity index (χ1n) is 10.4. The highest BCUT2D eigenvalue weighted by Gasteiger charge is 2.09. The molecule has 0 spiro atoms. The van der Waals surface area contributed by atoms with Gasteiger partial charge in [-0.2, -0.15) is 0 Å². The van der Waals surface area contributed by atoms with Crippen molar-refractivity contribution in [2.45, 2.75) is 78.1 Å². The molecule has 0 aliphatic rings. The third-order valence-corrected chi connectivity index (χ3v) is 6.31. The third kappa shape index (κ3) is 8.75. The number of aryl methyl sites for hydroxylation is 4. The Morgan fingerprint density at radius 3 is 2.07 bits per heavy atom. The monoisotopic (exact) mass is 386 g/mol. The van der Waals surface area contributed by atoms with Crippen LogP contribution in [-0.2, 0) is 30.5 Å². The normalized spacial score (nSPS) is 12.2. The number of aliphatic carboxylic acids is 1. The molecule has 0 aliphatic carbocycles. The molecule has 3 heteroatoms. The number of carboxylic acid groups (broad SMARTS) is 1. The van der Waals surface area contributed by atoms with Gasteiger partial charge in [-0.05, 0) is 74.1 Å². The molecule has 1 aromatic carbocycles. The zero-order valence-electron chi connectivity index (χ0n) is 16.9. The van der Waals surface area contributed by atoms with E-state index >= 15 is 0 Å². The summed E-state index contributed by atoms with van der Waals surface area (Å²) >= 11 is 1.90. The molecule has 0 fully saturated rings. The Morgan fingerprint density at radius 2 is 1.48 bits per heavy atom. The Hall–Kier alpha value is -1.61. The number of benzene rings is 1. The lowest BCUT2D eigenvalue weighted by Crippen LogP contribution is -2.04. The van der Waals surface area contributed by atoms with Crippen LogP contribution in [0.2, 0.25) is 0 Å². The van der Waals surface area contributed by atoms with Crippen molar-refractivity contribution in [2.75, 3.05) is 0 Å². The number of unbranched alkanes of at least 4 members (excludes halogenated alkanes) is 2. The summed E-state index contributed by atoms with van der Waals surface area (Å²) in [6, 6.07) is 13.7. The standard InChI is InChI=1S/C24H34O2S/c1-3-4-5-7-20-11-13-21(14-12-20)8-6-9-22-16-17-23(27-22)15-10-19(2)18-24(25)26/h11-14,16-17,19H,3-10,15,18H2,1-2H3,(H,25,26). The van der Waals surface area contributed by atoms with E-state index in [1.807, 2.05) is 18.3 Å². The van der Waals surface area contributed by atoms with Crippen LogP contribution in [0.1, 0.15) is 73.3 Å². The van der Waals surface area contributed by atoms with Gasteiger partial charge in [0.25, 0.3) is 0 Å². The number of thiophene rings is 1. The fraction of sp³-hybridized carbons (Fsp3) is 0.542. The maximum atomic E-state index is 10.7. The van der Waals surface area contributed by atoms with E-state index in [0.29, 0.717) is 0 Å². The lowest BCUT2D eigenvalue weighted by atomic mass is 10.0. The van der Waals surface area contributed by atoms with Gasteiger partial charge in [0.15, 0.2) is 0 Å². The second-order valence-corrected chi connectivity index (χ2v) is 8.99. The Morgan fingerprint density at radius 1 is 0.889 bits per heavy atom. The smallest absolute Gasteiger partial charge is 0.303 e. The summed E-state index contributed by atoms with van der Waals surface area (Å²) in [4.78, 5) is 13.6. The van der Waals surface area contributed by atoms with Crippen molar-refractivity contribution in [1.29, 1.82) is 0 Å². The van der Waals surface area contributed by atoms with Crippen LogP contribution in [-0.4, -0.2) is 11.1 Å². The van der Waals surface area contributed by atoms with Gasteiger partial charge >= 0.3 is 5.97 Å². The number of rotatable bonds is 13. The molecule has 0 bridgehead atoms. The molecule has 2 nitrogen and oxygen atoms in total. The van der Waals surface area contributed by atoms with Crippen molar-refractivity contribution in [2.24, 2.45) is 5.92 Å². The quantitative estimate of drug-likeness (QED) is 0.389. The maximum absolute atomic E-state index is 10.7. The highest BCUT2D eigenvalue weighted by Crippen LogP contribution is 2.22.